The van der Waals surface area contributed by atoms with Gasteiger partial charge in [0.15, 0.2) is 4.32 Å². The third kappa shape index (κ3) is 3.63. The number of aromatic hydroxyl groups is 3. The minimum absolute atomic E-state index is 0.0780. The number of carbonyl (C=O) groups excluding carboxylic acids is 2. The zero-order valence-corrected chi connectivity index (χ0v) is 14.7. The maximum absolute atomic E-state index is 12.5. The number of phenolic OH excluding ortho intramolecular Hbond substituents is 3. The van der Waals surface area contributed by atoms with Crippen molar-refractivity contribution in [1.82, 2.24) is 10.4 Å². The fraction of sp³-hybridized carbons (Fsp3) is 0. The van der Waals surface area contributed by atoms with Crippen LogP contribution in [-0.4, -0.2) is 36.5 Å². The summed E-state index contributed by atoms with van der Waals surface area (Å²) in [5.41, 5.74) is 2.88. The first-order valence-electron chi connectivity index (χ1n) is 7.25. The number of carbonyl (C=O) groups is 2. The standard InChI is InChI=1S/C17H12N2O5S2/c20-11-3-1-2-10(6-11)15(23)18-19-16(24)14(26-17(19)25)7-9-4-5-12(21)8-13(9)22/h1-8,20-22H,(H,18,23)/b14-7-. The Morgan fingerprint density at radius 2 is 1.85 bits per heavy atom. The number of hydrogen-bond donors (Lipinski definition) is 4. The fourth-order valence-electron chi connectivity index (χ4n) is 2.17. The first-order chi connectivity index (χ1) is 12.3. The van der Waals surface area contributed by atoms with Crippen molar-refractivity contribution < 1.29 is 24.9 Å². The third-order valence-electron chi connectivity index (χ3n) is 3.42. The zero-order valence-electron chi connectivity index (χ0n) is 13.0. The van der Waals surface area contributed by atoms with Crippen LogP contribution in [0.1, 0.15) is 15.9 Å². The molecule has 7 nitrogen and oxygen atoms in total. The molecule has 1 fully saturated rings. The van der Waals surface area contributed by atoms with Gasteiger partial charge in [-0.2, -0.15) is 5.01 Å². The number of hydrazine groups is 1. The molecule has 0 atom stereocenters. The van der Waals surface area contributed by atoms with Crippen LogP contribution in [0.3, 0.4) is 0 Å². The van der Waals surface area contributed by atoms with Crippen molar-refractivity contribution in [2.45, 2.75) is 0 Å². The largest absolute Gasteiger partial charge is 0.508 e. The van der Waals surface area contributed by atoms with Gasteiger partial charge in [0, 0.05) is 17.2 Å². The maximum atomic E-state index is 12.5. The van der Waals surface area contributed by atoms with Crippen LogP contribution in [0.2, 0.25) is 0 Å². The van der Waals surface area contributed by atoms with Gasteiger partial charge >= 0.3 is 0 Å². The van der Waals surface area contributed by atoms with Crippen molar-refractivity contribution in [1.29, 1.82) is 0 Å². The first kappa shape index (κ1) is 17.8. The van der Waals surface area contributed by atoms with Gasteiger partial charge in [-0.1, -0.05) is 17.8 Å². The van der Waals surface area contributed by atoms with Crippen LogP contribution < -0.4 is 5.43 Å². The molecule has 1 saturated heterocycles. The summed E-state index contributed by atoms with van der Waals surface area (Å²) in [6, 6.07) is 9.63. The lowest BCUT2D eigenvalue weighted by Crippen LogP contribution is -2.44. The summed E-state index contributed by atoms with van der Waals surface area (Å²) in [4.78, 5) is 24.9. The Balaban J connectivity index is 1.80. The molecule has 0 unspecified atom stereocenters. The second-order valence-corrected chi connectivity index (χ2v) is 6.93. The van der Waals surface area contributed by atoms with Gasteiger partial charge in [-0.3, -0.25) is 15.0 Å². The lowest BCUT2D eigenvalue weighted by Gasteiger charge is -2.15. The summed E-state index contributed by atoms with van der Waals surface area (Å²) in [5.74, 6) is -1.54. The molecule has 0 aliphatic carbocycles. The number of hydrogen-bond acceptors (Lipinski definition) is 7. The molecule has 2 amide bonds. The molecule has 2 aromatic carbocycles. The highest BCUT2D eigenvalue weighted by atomic mass is 32.2. The van der Waals surface area contributed by atoms with Gasteiger partial charge in [-0.15, -0.1) is 0 Å². The van der Waals surface area contributed by atoms with E-state index >= 15 is 0 Å². The highest BCUT2D eigenvalue weighted by Crippen LogP contribution is 2.34. The molecule has 0 spiro atoms. The van der Waals surface area contributed by atoms with E-state index in [1.54, 1.807) is 0 Å². The van der Waals surface area contributed by atoms with E-state index in [1.807, 2.05) is 0 Å². The van der Waals surface area contributed by atoms with Crippen LogP contribution in [0.5, 0.6) is 17.2 Å². The molecule has 0 bridgehead atoms. The van der Waals surface area contributed by atoms with Crippen molar-refractivity contribution in [2.24, 2.45) is 0 Å². The highest BCUT2D eigenvalue weighted by Gasteiger charge is 2.34. The molecular weight excluding hydrogens is 376 g/mol. The van der Waals surface area contributed by atoms with Crippen molar-refractivity contribution in [3.8, 4) is 17.2 Å². The summed E-state index contributed by atoms with van der Waals surface area (Å²) in [6.07, 6.45) is 1.41. The van der Waals surface area contributed by atoms with E-state index in [2.05, 4.69) is 5.43 Å². The number of amides is 2. The van der Waals surface area contributed by atoms with Gasteiger partial charge in [-0.25, -0.2) is 0 Å². The predicted octanol–water partition coefficient (Wildman–Crippen LogP) is 2.35. The Morgan fingerprint density at radius 1 is 1.12 bits per heavy atom. The second-order valence-electron chi connectivity index (χ2n) is 5.25. The van der Waals surface area contributed by atoms with Gasteiger partial charge in [0.2, 0.25) is 0 Å². The molecule has 0 radical (unpaired) electrons. The van der Waals surface area contributed by atoms with E-state index in [0.29, 0.717) is 5.56 Å². The molecule has 132 valence electrons. The van der Waals surface area contributed by atoms with Gasteiger partial charge in [0.05, 0.1) is 4.91 Å². The average molecular weight is 388 g/mol. The monoisotopic (exact) mass is 388 g/mol. The van der Waals surface area contributed by atoms with E-state index in [0.717, 1.165) is 22.8 Å². The number of benzene rings is 2. The highest BCUT2D eigenvalue weighted by molar-refractivity contribution is 8.26. The van der Waals surface area contributed by atoms with Crippen molar-refractivity contribution >= 4 is 46.2 Å². The van der Waals surface area contributed by atoms with Crippen LogP contribution in [0.25, 0.3) is 6.08 Å². The van der Waals surface area contributed by atoms with E-state index in [4.69, 9.17) is 12.2 Å². The molecular formula is C17H12N2O5S2. The minimum atomic E-state index is -0.606. The molecule has 2 aromatic rings. The topological polar surface area (TPSA) is 110 Å². The molecule has 9 heteroatoms. The molecule has 0 aromatic heterocycles. The van der Waals surface area contributed by atoms with Crippen molar-refractivity contribution in [2.75, 3.05) is 0 Å². The molecule has 1 aliphatic heterocycles. The lowest BCUT2D eigenvalue weighted by molar-refractivity contribution is -0.123. The Morgan fingerprint density at radius 3 is 2.54 bits per heavy atom. The summed E-state index contributed by atoms with van der Waals surface area (Å²) in [7, 11) is 0. The summed E-state index contributed by atoms with van der Waals surface area (Å²) < 4.78 is 0.119. The molecule has 1 heterocycles. The van der Waals surface area contributed by atoms with Crippen molar-refractivity contribution in [3.05, 3.63) is 58.5 Å². The van der Waals surface area contributed by atoms with Gasteiger partial charge in [0.1, 0.15) is 17.2 Å². The van der Waals surface area contributed by atoms with E-state index in [9.17, 15) is 24.9 Å². The Hall–Kier alpha value is -3.04. The normalized spacial score (nSPS) is 15.5. The summed E-state index contributed by atoms with van der Waals surface area (Å²) in [5, 5.41) is 29.5. The van der Waals surface area contributed by atoms with Crippen LogP contribution in [0, 0.1) is 0 Å². The van der Waals surface area contributed by atoms with Crippen molar-refractivity contribution in [3.63, 3.8) is 0 Å². The number of nitrogens with zero attached hydrogens (tertiary/aromatic N) is 1. The Kier molecular flexibility index (Phi) is 4.83. The lowest BCUT2D eigenvalue weighted by atomic mass is 10.1. The van der Waals surface area contributed by atoms with E-state index in [-0.39, 0.29) is 32.0 Å². The Labute approximate surface area is 157 Å². The second kappa shape index (κ2) is 7.06. The molecule has 3 rings (SSSR count). The number of thiocarbonyl (C=S) groups is 1. The van der Waals surface area contributed by atoms with Crippen LogP contribution in [0.4, 0.5) is 0 Å². The number of nitrogens with one attached hydrogen (secondary N) is 1. The van der Waals surface area contributed by atoms with E-state index < -0.39 is 11.8 Å². The minimum Gasteiger partial charge on any atom is -0.508 e. The molecule has 1 aliphatic rings. The summed E-state index contributed by atoms with van der Waals surface area (Å²) >= 11 is 6.08. The Bertz CT molecular complexity index is 958. The van der Waals surface area contributed by atoms with Crippen LogP contribution >= 0.6 is 24.0 Å². The molecule has 0 saturated carbocycles. The fourth-order valence-corrected chi connectivity index (χ4v) is 3.34. The summed E-state index contributed by atoms with van der Waals surface area (Å²) in [6.45, 7) is 0. The average Bonchev–Trinajstić information content (AvgIpc) is 2.85. The zero-order chi connectivity index (χ0) is 18.8. The molecule has 4 N–H and O–H groups in total. The van der Waals surface area contributed by atoms with Crippen LogP contribution in [0.15, 0.2) is 47.4 Å². The number of rotatable bonds is 3. The predicted molar refractivity (Wildman–Crippen MR) is 100 cm³/mol. The van der Waals surface area contributed by atoms with Gasteiger partial charge in [0.25, 0.3) is 11.8 Å². The number of phenols is 3. The SMILES string of the molecule is O=C(NN1C(=O)/C(=C/c2ccc(O)cc2O)SC1=S)c1cccc(O)c1. The van der Waals surface area contributed by atoms with Gasteiger partial charge < -0.3 is 15.3 Å². The van der Waals surface area contributed by atoms with Crippen LogP contribution in [-0.2, 0) is 4.79 Å². The first-order valence-corrected chi connectivity index (χ1v) is 8.47. The quantitative estimate of drug-likeness (QED) is 0.472. The smallest absolute Gasteiger partial charge is 0.285 e. The molecule has 26 heavy (non-hydrogen) atoms. The number of thioether (sulfide) groups is 1. The maximum Gasteiger partial charge on any atom is 0.285 e. The van der Waals surface area contributed by atoms with Gasteiger partial charge in [-0.05, 0) is 48.6 Å². The van der Waals surface area contributed by atoms with E-state index in [1.165, 1.54) is 42.5 Å². The third-order valence-corrected chi connectivity index (χ3v) is 4.72.